The number of anilines is 2. The maximum absolute atomic E-state index is 13.7. The van der Waals surface area contributed by atoms with Crippen molar-refractivity contribution < 1.29 is 36.3 Å². The Morgan fingerprint density at radius 2 is 1.84 bits per heavy atom. The Bertz CT molecular complexity index is 1410. The largest absolute Gasteiger partial charge is 0.495 e. The van der Waals surface area contributed by atoms with Gasteiger partial charge in [-0.05, 0) is 37.3 Å². The molecule has 1 unspecified atom stereocenters. The highest BCUT2D eigenvalue weighted by atomic mass is 19.4. The third-order valence-corrected chi connectivity index (χ3v) is 5.83. The summed E-state index contributed by atoms with van der Waals surface area (Å²) in [6, 6.07) is 8.83. The number of nitriles is 1. The van der Waals surface area contributed by atoms with Gasteiger partial charge in [-0.3, -0.25) is 14.3 Å². The first-order valence-corrected chi connectivity index (χ1v) is 10.7. The monoisotopic (exact) mass is 519 g/mol. The SMILES string of the molecule is COc1ccc(C(=O)Nc2cnn3c2C(=O)N(c2ccc(C(F)(F)C(F)(F)F)cc2)C(C)C3)cc1C#N. The highest BCUT2D eigenvalue weighted by molar-refractivity contribution is 6.13. The predicted molar refractivity (Wildman–Crippen MR) is 121 cm³/mol. The van der Waals surface area contributed by atoms with E-state index in [0.717, 1.165) is 12.1 Å². The Balaban J connectivity index is 1.61. The predicted octanol–water partition coefficient (Wildman–Crippen LogP) is 4.72. The minimum atomic E-state index is -5.76. The molecule has 37 heavy (non-hydrogen) atoms. The average molecular weight is 519 g/mol. The second-order valence-electron chi connectivity index (χ2n) is 8.21. The van der Waals surface area contributed by atoms with Crippen LogP contribution in [-0.2, 0) is 12.5 Å². The van der Waals surface area contributed by atoms with E-state index in [1.165, 1.54) is 41.1 Å². The van der Waals surface area contributed by atoms with Gasteiger partial charge in [0.25, 0.3) is 11.8 Å². The highest BCUT2D eigenvalue weighted by Crippen LogP contribution is 2.44. The fourth-order valence-electron chi connectivity index (χ4n) is 3.98. The van der Waals surface area contributed by atoms with Gasteiger partial charge in [-0.2, -0.15) is 32.3 Å². The number of nitrogens with zero attached hydrogens (tertiary/aromatic N) is 4. The molecule has 1 atom stereocenters. The lowest BCUT2D eigenvalue weighted by Crippen LogP contribution is -2.47. The summed E-state index contributed by atoms with van der Waals surface area (Å²) < 4.78 is 71.9. The third-order valence-electron chi connectivity index (χ3n) is 5.83. The first-order chi connectivity index (χ1) is 17.4. The molecule has 2 amide bonds. The van der Waals surface area contributed by atoms with Crippen LogP contribution in [0.15, 0.2) is 48.7 Å². The standard InChI is InChI=1S/C24H18F5N5O3/c1-13-12-33-20(18(11-31-33)32-21(35)14-3-8-19(37-2)15(9-14)10-30)22(36)34(13)17-6-4-16(5-7-17)23(25,26)24(27,28)29/h3-9,11,13H,12H2,1-2H3,(H,32,35). The summed E-state index contributed by atoms with van der Waals surface area (Å²) in [6.07, 6.45) is -4.50. The normalized spacial score (nSPS) is 15.7. The van der Waals surface area contributed by atoms with Gasteiger partial charge in [-0.1, -0.05) is 12.1 Å². The van der Waals surface area contributed by atoms with Gasteiger partial charge >= 0.3 is 12.1 Å². The van der Waals surface area contributed by atoms with Crippen molar-refractivity contribution in [2.75, 3.05) is 17.3 Å². The van der Waals surface area contributed by atoms with Gasteiger partial charge in [-0.15, -0.1) is 0 Å². The molecule has 2 aromatic carbocycles. The number of methoxy groups -OCH3 is 1. The number of benzene rings is 2. The van der Waals surface area contributed by atoms with Crippen LogP contribution in [-0.4, -0.2) is 40.9 Å². The number of carbonyl (C=O) groups excluding carboxylic acids is 2. The molecule has 0 spiro atoms. The second kappa shape index (κ2) is 9.20. The van der Waals surface area contributed by atoms with Crippen LogP contribution in [0.3, 0.4) is 0 Å². The van der Waals surface area contributed by atoms with Crippen molar-refractivity contribution in [2.24, 2.45) is 0 Å². The summed E-state index contributed by atoms with van der Waals surface area (Å²) in [5.74, 6) is -6.05. The number of amides is 2. The maximum Gasteiger partial charge on any atom is 0.458 e. The molecular formula is C24H18F5N5O3. The molecule has 0 aliphatic carbocycles. The Morgan fingerprint density at radius 3 is 2.43 bits per heavy atom. The van der Waals surface area contributed by atoms with Gasteiger partial charge in [0.2, 0.25) is 0 Å². The number of halogens is 5. The first-order valence-electron chi connectivity index (χ1n) is 10.7. The van der Waals surface area contributed by atoms with E-state index in [0.29, 0.717) is 12.1 Å². The number of aromatic nitrogens is 2. The van der Waals surface area contributed by atoms with E-state index in [4.69, 9.17) is 4.74 Å². The number of alkyl halides is 5. The average Bonchev–Trinajstić information content (AvgIpc) is 3.25. The summed E-state index contributed by atoms with van der Waals surface area (Å²) in [6.45, 7) is 1.82. The Hall–Kier alpha value is -4.47. The van der Waals surface area contributed by atoms with Crippen molar-refractivity contribution in [2.45, 2.75) is 31.6 Å². The lowest BCUT2D eigenvalue weighted by atomic mass is 10.1. The quantitative estimate of drug-likeness (QED) is 0.492. The fourth-order valence-corrected chi connectivity index (χ4v) is 3.98. The van der Waals surface area contributed by atoms with Crippen LogP contribution in [0.4, 0.5) is 33.3 Å². The molecule has 0 saturated carbocycles. The molecule has 1 aliphatic heterocycles. The smallest absolute Gasteiger partial charge is 0.458 e. The van der Waals surface area contributed by atoms with Crippen LogP contribution >= 0.6 is 0 Å². The zero-order valence-corrected chi connectivity index (χ0v) is 19.3. The van der Waals surface area contributed by atoms with Crippen LogP contribution < -0.4 is 15.0 Å². The van der Waals surface area contributed by atoms with Crippen LogP contribution in [0, 0.1) is 11.3 Å². The molecule has 0 saturated heterocycles. The minimum absolute atomic E-state index is 0.00911. The molecule has 8 nitrogen and oxygen atoms in total. The Kier molecular flexibility index (Phi) is 6.37. The maximum atomic E-state index is 13.7. The number of rotatable bonds is 5. The summed E-state index contributed by atoms with van der Waals surface area (Å²) in [5.41, 5.74) is -0.866. The summed E-state index contributed by atoms with van der Waals surface area (Å²) in [4.78, 5) is 27.4. The molecule has 192 valence electrons. The lowest BCUT2D eigenvalue weighted by molar-refractivity contribution is -0.289. The molecule has 0 radical (unpaired) electrons. The van der Waals surface area contributed by atoms with Gasteiger partial charge < -0.3 is 15.0 Å². The molecule has 1 aromatic heterocycles. The van der Waals surface area contributed by atoms with Gasteiger partial charge in [0.15, 0.2) is 0 Å². The zero-order valence-electron chi connectivity index (χ0n) is 19.3. The minimum Gasteiger partial charge on any atom is -0.495 e. The molecule has 0 fully saturated rings. The summed E-state index contributed by atoms with van der Waals surface area (Å²) in [7, 11) is 1.38. The molecule has 0 bridgehead atoms. The number of fused-ring (bicyclic) bond motifs is 1. The van der Waals surface area contributed by atoms with E-state index in [1.807, 2.05) is 6.07 Å². The molecule has 1 N–H and O–H groups in total. The van der Waals surface area contributed by atoms with Crippen molar-refractivity contribution >= 4 is 23.2 Å². The van der Waals surface area contributed by atoms with Crippen LogP contribution in [0.2, 0.25) is 0 Å². The van der Waals surface area contributed by atoms with Crippen molar-refractivity contribution in [3.05, 3.63) is 71.0 Å². The van der Waals surface area contributed by atoms with E-state index in [1.54, 1.807) is 6.92 Å². The van der Waals surface area contributed by atoms with Gasteiger partial charge in [0.1, 0.15) is 17.5 Å². The van der Waals surface area contributed by atoms with Crippen molar-refractivity contribution in [1.29, 1.82) is 5.26 Å². The van der Waals surface area contributed by atoms with Gasteiger partial charge in [0.05, 0.1) is 37.1 Å². The number of nitrogens with one attached hydrogen (secondary N) is 1. The molecule has 4 rings (SSSR count). The molecule has 3 aromatic rings. The molecular weight excluding hydrogens is 501 g/mol. The highest BCUT2D eigenvalue weighted by Gasteiger charge is 2.58. The topological polar surface area (TPSA) is 100 Å². The summed E-state index contributed by atoms with van der Waals surface area (Å²) in [5, 5.41) is 15.9. The van der Waals surface area contributed by atoms with E-state index in [-0.39, 0.29) is 40.5 Å². The van der Waals surface area contributed by atoms with Crippen molar-refractivity contribution in [1.82, 2.24) is 9.78 Å². The number of hydrogen-bond donors (Lipinski definition) is 1. The lowest BCUT2D eigenvalue weighted by Gasteiger charge is -2.34. The Labute approximate surface area is 206 Å². The number of ether oxygens (including phenoxy) is 1. The third kappa shape index (κ3) is 4.46. The van der Waals surface area contributed by atoms with Crippen LogP contribution in [0.5, 0.6) is 5.75 Å². The number of carbonyl (C=O) groups is 2. The van der Waals surface area contributed by atoms with Crippen LogP contribution in [0.1, 0.15) is 38.9 Å². The van der Waals surface area contributed by atoms with Crippen LogP contribution in [0.25, 0.3) is 0 Å². The Morgan fingerprint density at radius 1 is 1.16 bits per heavy atom. The van der Waals surface area contributed by atoms with E-state index < -0.39 is 35.5 Å². The first kappa shape index (κ1) is 25.6. The van der Waals surface area contributed by atoms with E-state index in [9.17, 15) is 36.8 Å². The molecule has 13 heteroatoms. The van der Waals surface area contributed by atoms with Crippen molar-refractivity contribution in [3.8, 4) is 11.8 Å². The number of hydrogen-bond acceptors (Lipinski definition) is 5. The summed E-state index contributed by atoms with van der Waals surface area (Å²) >= 11 is 0. The fraction of sp³-hybridized carbons (Fsp3) is 0.250. The molecule has 2 heterocycles. The van der Waals surface area contributed by atoms with Gasteiger partial charge in [0, 0.05) is 16.8 Å². The van der Waals surface area contributed by atoms with Crippen molar-refractivity contribution in [3.63, 3.8) is 0 Å². The van der Waals surface area contributed by atoms with Gasteiger partial charge in [-0.25, -0.2) is 0 Å². The zero-order chi connectivity index (χ0) is 27.1. The second-order valence-corrected chi connectivity index (χ2v) is 8.21. The van der Waals surface area contributed by atoms with E-state index >= 15 is 0 Å². The molecule has 1 aliphatic rings. The van der Waals surface area contributed by atoms with E-state index in [2.05, 4.69) is 10.4 Å².